The Labute approximate surface area is 153 Å². The molecule has 2 N–H and O–H groups in total. The first kappa shape index (κ1) is 19.5. The minimum Gasteiger partial charge on any atom is -0.326 e. The van der Waals surface area contributed by atoms with Crippen LogP contribution in [0.4, 0.5) is 17.1 Å². The van der Waals surface area contributed by atoms with E-state index in [0.717, 1.165) is 16.1 Å². The number of amides is 2. The summed E-state index contributed by atoms with van der Waals surface area (Å²) in [5.74, 6) is -0.715. The topological polar surface area (TPSA) is 95.6 Å². The summed E-state index contributed by atoms with van der Waals surface area (Å²) >= 11 is 0. The third kappa shape index (κ3) is 5.59. The van der Waals surface area contributed by atoms with E-state index in [0.29, 0.717) is 17.1 Å². The average molecular weight is 375 g/mol. The molecule has 0 aliphatic carbocycles. The van der Waals surface area contributed by atoms with Crippen LogP contribution in [0.2, 0.25) is 0 Å². The molecule has 7 nitrogen and oxygen atoms in total. The lowest BCUT2D eigenvalue weighted by Crippen LogP contribution is -2.37. The highest BCUT2D eigenvalue weighted by Gasteiger charge is 2.21. The standard InChI is InChI=1S/C18H21N3O4S/c1-13-6-4-9-17(10-13)21(26(3,24)25)12-18(23)20-16-8-5-7-15(11-16)19-14(2)22/h4-11H,12H2,1-3H3,(H,19,22)(H,20,23). The maximum absolute atomic E-state index is 12.4. The van der Waals surface area contributed by atoms with E-state index in [4.69, 9.17) is 0 Å². The van der Waals surface area contributed by atoms with Crippen molar-refractivity contribution in [3.63, 3.8) is 0 Å². The number of anilines is 3. The molecule has 2 aromatic carbocycles. The molecule has 138 valence electrons. The summed E-state index contributed by atoms with van der Waals surface area (Å²) < 4.78 is 25.3. The number of hydrogen-bond acceptors (Lipinski definition) is 4. The maximum Gasteiger partial charge on any atom is 0.245 e. The highest BCUT2D eigenvalue weighted by Crippen LogP contribution is 2.20. The quantitative estimate of drug-likeness (QED) is 0.810. The molecule has 0 unspecified atom stereocenters. The van der Waals surface area contributed by atoms with Gasteiger partial charge in [0.25, 0.3) is 0 Å². The van der Waals surface area contributed by atoms with Crippen LogP contribution in [0.3, 0.4) is 0 Å². The first-order chi connectivity index (χ1) is 12.1. The number of nitrogens with zero attached hydrogens (tertiary/aromatic N) is 1. The van der Waals surface area contributed by atoms with Gasteiger partial charge in [-0.3, -0.25) is 13.9 Å². The number of carbonyl (C=O) groups excluding carboxylic acids is 2. The van der Waals surface area contributed by atoms with Crippen LogP contribution in [0, 0.1) is 6.92 Å². The molecule has 26 heavy (non-hydrogen) atoms. The summed E-state index contributed by atoms with van der Waals surface area (Å²) in [5.41, 5.74) is 2.31. The molecule has 0 saturated heterocycles. The van der Waals surface area contributed by atoms with Gasteiger partial charge in [-0.2, -0.15) is 0 Å². The lowest BCUT2D eigenvalue weighted by Gasteiger charge is -2.22. The molecule has 2 aromatic rings. The van der Waals surface area contributed by atoms with Crippen LogP contribution in [0.15, 0.2) is 48.5 Å². The molecule has 2 amide bonds. The molecular formula is C18H21N3O4S. The van der Waals surface area contributed by atoms with Gasteiger partial charge in [0.15, 0.2) is 0 Å². The normalized spacial score (nSPS) is 10.9. The molecule has 0 radical (unpaired) electrons. The Hall–Kier alpha value is -2.87. The van der Waals surface area contributed by atoms with Crippen LogP contribution in [-0.4, -0.2) is 33.0 Å². The third-order valence-electron chi connectivity index (χ3n) is 3.44. The average Bonchev–Trinajstić information content (AvgIpc) is 2.51. The molecule has 0 aliphatic rings. The van der Waals surface area contributed by atoms with Crippen molar-refractivity contribution in [3.05, 3.63) is 54.1 Å². The Morgan fingerprint density at radius 2 is 1.62 bits per heavy atom. The third-order valence-corrected chi connectivity index (χ3v) is 4.58. The smallest absolute Gasteiger partial charge is 0.245 e. The van der Waals surface area contributed by atoms with E-state index >= 15 is 0 Å². The number of carbonyl (C=O) groups is 2. The van der Waals surface area contributed by atoms with Crippen molar-refractivity contribution >= 4 is 38.9 Å². The van der Waals surface area contributed by atoms with Crippen LogP contribution in [0.1, 0.15) is 12.5 Å². The highest BCUT2D eigenvalue weighted by atomic mass is 32.2. The fourth-order valence-corrected chi connectivity index (χ4v) is 3.24. The largest absolute Gasteiger partial charge is 0.326 e. The first-order valence-electron chi connectivity index (χ1n) is 7.87. The van der Waals surface area contributed by atoms with Crippen molar-refractivity contribution in [3.8, 4) is 0 Å². The summed E-state index contributed by atoms with van der Waals surface area (Å²) in [5, 5.41) is 5.27. The Bertz CT molecular complexity index is 926. The second-order valence-electron chi connectivity index (χ2n) is 5.92. The Balaban J connectivity index is 2.17. The number of aryl methyl sites for hydroxylation is 1. The number of rotatable bonds is 6. The Kier molecular flexibility index (Phi) is 5.99. The van der Waals surface area contributed by atoms with E-state index in [1.54, 1.807) is 42.5 Å². The number of benzene rings is 2. The van der Waals surface area contributed by atoms with Gasteiger partial charge in [0.1, 0.15) is 6.54 Å². The van der Waals surface area contributed by atoms with Crippen molar-refractivity contribution in [2.24, 2.45) is 0 Å². The van der Waals surface area contributed by atoms with Crippen molar-refractivity contribution in [2.45, 2.75) is 13.8 Å². The monoisotopic (exact) mass is 375 g/mol. The van der Waals surface area contributed by atoms with Gasteiger partial charge in [0.05, 0.1) is 11.9 Å². The predicted octanol–water partition coefficient (Wildman–Crippen LogP) is 2.36. The van der Waals surface area contributed by atoms with Gasteiger partial charge >= 0.3 is 0 Å². The van der Waals surface area contributed by atoms with Crippen LogP contribution >= 0.6 is 0 Å². The Morgan fingerprint density at radius 3 is 2.19 bits per heavy atom. The van der Waals surface area contributed by atoms with Gasteiger partial charge in [-0.1, -0.05) is 18.2 Å². The van der Waals surface area contributed by atoms with E-state index in [1.807, 2.05) is 13.0 Å². The Morgan fingerprint density at radius 1 is 1.00 bits per heavy atom. The molecule has 0 bridgehead atoms. The van der Waals surface area contributed by atoms with E-state index in [1.165, 1.54) is 6.92 Å². The van der Waals surface area contributed by atoms with Crippen molar-refractivity contribution in [1.29, 1.82) is 0 Å². The second-order valence-corrected chi connectivity index (χ2v) is 7.83. The molecule has 0 spiro atoms. The summed E-state index contributed by atoms with van der Waals surface area (Å²) in [6, 6.07) is 13.5. The maximum atomic E-state index is 12.4. The van der Waals surface area contributed by atoms with Crippen molar-refractivity contribution < 1.29 is 18.0 Å². The van der Waals surface area contributed by atoms with Crippen molar-refractivity contribution in [1.82, 2.24) is 0 Å². The zero-order valence-electron chi connectivity index (χ0n) is 14.8. The van der Waals surface area contributed by atoms with Crippen LogP contribution in [-0.2, 0) is 19.6 Å². The van der Waals surface area contributed by atoms with Gasteiger partial charge in [-0.15, -0.1) is 0 Å². The van der Waals surface area contributed by atoms with Gasteiger partial charge in [0.2, 0.25) is 21.8 Å². The second kappa shape index (κ2) is 8.01. The summed E-state index contributed by atoms with van der Waals surface area (Å²) in [6.45, 7) is 2.88. The molecule has 0 heterocycles. The van der Waals surface area contributed by atoms with E-state index in [2.05, 4.69) is 10.6 Å². The lowest BCUT2D eigenvalue weighted by molar-refractivity contribution is -0.115. The highest BCUT2D eigenvalue weighted by molar-refractivity contribution is 7.92. The zero-order valence-corrected chi connectivity index (χ0v) is 15.6. The molecule has 0 aromatic heterocycles. The van der Waals surface area contributed by atoms with Gasteiger partial charge < -0.3 is 10.6 Å². The number of hydrogen-bond donors (Lipinski definition) is 2. The molecule has 2 rings (SSSR count). The molecule has 0 atom stereocenters. The molecular weight excluding hydrogens is 354 g/mol. The van der Waals surface area contributed by atoms with Gasteiger partial charge in [0, 0.05) is 18.3 Å². The molecule has 0 fully saturated rings. The fraction of sp³-hybridized carbons (Fsp3) is 0.222. The van der Waals surface area contributed by atoms with Crippen LogP contribution < -0.4 is 14.9 Å². The summed E-state index contributed by atoms with van der Waals surface area (Å²) in [6.07, 6.45) is 1.06. The minimum atomic E-state index is -3.63. The number of sulfonamides is 1. The van der Waals surface area contributed by atoms with Crippen molar-refractivity contribution in [2.75, 3.05) is 27.7 Å². The lowest BCUT2D eigenvalue weighted by atomic mass is 10.2. The SMILES string of the molecule is CC(=O)Nc1cccc(NC(=O)CN(c2cccc(C)c2)S(C)(=O)=O)c1. The first-order valence-corrected chi connectivity index (χ1v) is 9.72. The molecule has 8 heteroatoms. The number of nitrogens with one attached hydrogen (secondary N) is 2. The zero-order chi connectivity index (χ0) is 19.3. The molecule has 0 aliphatic heterocycles. The molecule has 0 saturated carbocycles. The van der Waals surface area contributed by atoms with Gasteiger partial charge in [-0.05, 0) is 42.8 Å². The summed E-state index contributed by atoms with van der Waals surface area (Å²) in [4.78, 5) is 23.5. The fourth-order valence-electron chi connectivity index (χ4n) is 2.39. The predicted molar refractivity (Wildman–Crippen MR) is 103 cm³/mol. The minimum absolute atomic E-state index is 0.226. The van der Waals surface area contributed by atoms with E-state index in [-0.39, 0.29) is 12.5 Å². The summed E-state index contributed by atoms with van der Waals surface area (Å²) in [7, 11) is -3.63. The van der Waals surface area contributed by atoms with Crippen LogP contribution in [0.25, 0.3) is 0 Å². The van der Waals surface area contributed by atoms with Crippen LogP contribution in [0.5, 0.6) is 0 Å². The van der Waals surface area contributed by atoms with E-state index < -0.39 is 15.9 Å². The van der Waals surface area contributed by atoms with Gasteiger partial charge in [-0.25, -0.2) is 8.42 Å². The van der Waals surface area contributed by atoms with E-state index in [9.17, 15) is 18.0 Å².